The summed E-state index contributed by atoms with van der Waals surface area (Å²) in [5.41, 5.74) is 1.61. The lowest BCUT2D eigenvalue weighted by atomic mass is 10.2. The van der Waals surface area contributed by atoms with E-state index < -0.39 is 21.6 Å². The van der Waals surface area contributed by atoms with Crippen molar-refractivity contribution in [1.29, 1.82) is 0 Å². The summed E-state index contributed by atoms with van der Waals surface area (Å²) in [6.07, 6.45) is 3.44. The third kappa shape index (κ3) is 4.71. The van der Waals surface area contributed by atoms with E-state index in [1.54, 1.807) is 23.1 Å². The molecule has 6 nitrogen and oxygen atoms in total. The molecule has 1 N–H and O–H groups in total. The van der Waals surface area contributed by atoms with E-state index in [1.807, 2.05) is 24.3 Å². The van der Waals surface area contributed by atoms with E-state index in [2.05, 4.69) is 14.8 Å². The molecule has 0 amide bonds. The molecule has 0 aliphatic rings. The first-order valence-electron chi connectivity index (χ1n) is 7.69. The van der Waals surface area contributed by atoms with E-state index in [0.29, 0.717) is 6.54 Å². The van der Waals surface area contributed by atoms with E-state index in [4.69, 9.17) is 0 Å². The average Bonchev–Trinajstić information content (AvgIpc) is 3.06. The molecule has 3 aromatic rings. The number of rotatable bonds is 7. The number of nitrogens with zero attached hydrogens (tertiary/aromatic N) is 3. The van der Waals surface area contributed by atoms with E-state index in [9.17, 15) is 12.8 Å². The lowest BCUT2D eigenvalue weighted by Gasteiger charge is -2.07. The Balaban J connectivity index is 1.56. The van der Waals surface area contributed by atoms with Crippen LogP contribution >= 0.6 is 0 Å². The van der Waals surface area contributed by atoms with Crippen molar-refractivity contribution in [3.63, 3.8) is 0 Å². The van der Waals surface area contributed by atoms with Crippen LogP contribution in [-0.2, 0) is 22.3 Å². The zero-order chi connectivity index (χ0) is 17.7. The highest BCUT2D eigenvalue weighted by atomic mass is 32.2. The van der Waals surface area contributed by atoms with E-state index >= 15 is 0 Å². The highest BCUT2D eigenvalue weighted by Crippen LogP contribution is 2.13. The van der Waals surface area contributed by atoms with Gasteiger partial charge >= 0.3 is 0 Å². The van der Waals surface area contributed by atoms with E-state index in [1.165, 1.54) is 18.2 Å². The van der Waals surface area contributed by atoms with Gasteiger partial charge in [-0.2, -0.15) is 5.10 Å². The molecule has 2 aromatic heterocycles. The quantitative estimate of drug-likeness (QED) is 0.701. The lowest BCUT2D eigenvalue weighted by Crippen LogP contribution is -2.29. The summed E-state index contributed by atoms with van der Waals surface area (Å²) in [5.74, 6) is -0.919. The van der Waals surface area contributed by atoms with Crippen molar-refractivity contribution in [2.75, 3.05) is 6.54 Å². The van der Waals surface area contributed by atoms with Gasteiger partial charge in [0.1, 0.15) is 11.5 Å². The minimum absolute atomic E-state index is 0.145. The molecule has 8 heteroatoms. The number of hydrogen-bond donors (Lipinski definition) is 1. The topological polar surface area (TPSA) is 76.9 Å². The van der Waals surface area contributed by atoms with Crippen LogP contribution in [0.25, 0.3) is 11.4 Å². The van der Waals surface area contributed by atoms with Gasteiger partial charge in [0.15, 0.2) is 0 Å². The Hall–Kier alpha value is -2.58. The minimum atomic E-state index is -3.62. The maximum absolute atomic E-state index is 13.6. The molecule has 0 atom stereocenters. The number of aromatic nitrogens is 3. The Bertz CT molecular complexity index is 942. The third-order valence-electron chi connectivity index (χ3n) is 3.53. The molecule has 0 bridgehead atoms. The van der Waals surface area contributed by atoms with Gasteiger partial charge in [0.05, 0.1) is 18.0 Å². The summed E-state index contributed by atoms with van der Waals surface area (Å²) < 4.78 is 41.8. The molecule has 25 heavy (non-hydrogen) atoms. The van der Waals surface area contributed by atoms with Gasteiger partial charge in [-0.3, -0.25) is 9.67 Å². The van der Waals surface area contributed by atoms with Crippen molar-refractivity contribution < 1.29 is 12.8 Å². The Morgan fingerprint density at radius 1 is 1.04 bits per heavy atom. The molecule has 3 rings (SSSR count). The highest BCUT2D eigenvalue weighted by molar-refractivity contribution is 7.88. The molecule has 2 heterocycles. The van der Waals surface area contributed by atoms with Crippen LogP contribution in [0.3, 0.4) is 0 Å². The summed E-state index contributed by atoms with van der Waals surface area (Å²) in [5, 5.41) is 4.36. The van der Waals surface area contributed by atoms with Crippen molar-refractivity contribution in [3.8, 4) is 11.4 Å². The molecule has 0 saturated carbocycles. The second-order valence-electron chi connectivity index (χ2n) is 5.42. The van der Waals surface area contributed by atoms with Gasteiger partial charge in [0.2, 0.25) is 10.0 Å². The predicted molar refractivity (Wildman–Crippen MR) is 92.5 cm³/mol. The summed E-state index contributed by atoms with van der Waals surface area (Å²) in [6, 6.07) is 13.2. The van der Waals surface area contributed by atoms with Crippen molar-refractivity contribution in [3.05, 3.63) is 72.3 Å². The molecule has 0 aliphatic heterocycles. The fourth-order valence-electron chi connectivity index (χ4n) is 2.32. The molecule has 0 spiro atoms. The minimum Gasteiger partial charge on any atom is -0.271 e. The number of benzene rings is 1. The van der Waals surface area contributed by atoms with Gasteiger partial charge in [0, 0.05) is 24.5 Å². The normalized spacial score (nSPS) is 11.6. The first-order chi connectivity index (χ1) is 12.0. The molecule has 130 valence electrons. The SMILES string of the molecule is O=S(=O)(Cc1ccccc1F)NCCn1ccc(-c2ccccn2)n1. The van der Waals surface area contributed by atoms with Crippen LogP contribution in [0.4, 0.5) is 4.39 Å². The van der Waals surface area contributed by atoms with Gasteiger partial charge < -0.3 is 0 Å². The standard InChI is InChI=1S/C17H17FN4O2S/c18-15-6-2-1-5-14(15)13-25(23,24)20-10-12-22-11-8-17(21-22)16-7-3-4-9-19-16/h1-9,11,20H,10,12-13H2. The van der Waals surface area contributed by atoms with Gasteiger partial charge in [-0.15, -0.1) is 0 Å². The molecule has 0 saturated heterocycles. The Kier molecular flexibility index (Phi) is 5.20. The monoisotopic (exact) mass is 360 g/mol. The molecule has 1 aromatic carbocycles. The van der Waals surface area contributed by atoms with Crippen LogP contribution in [0.2, 0.25) is 0 Å². The third-order valence-corrected chi connectivity index (χ3v) is 4.87. The van der Waals surface area contributed by atoms with Crippen LogP contribution in [0.15, 0.2) is 60.9 Å². The largest absolute Gasteiger partial charge is 0.271 e. The highest BCUT2D eigenvalue weighted by Gasteiger charge is 2.14. The summed E-state index contributed by atoms with van der Waals surface area (Å²) in [7, 11) is -3.62. The second kappa shape index (κ2) is 7.54. The fourth-order valence-corrected chi connectivity index (χ4v) is 3.47. The molecule has 0 fully saturated rings. The van der Waals surface area contributed by atoms with Crippen molar-refractivity contribution in [2.24, 2.45) is 0 Å². The van der Waals surface area contributed by atoms with E-state index in [-0.39, 0.29) is 12.1 Å². The maximum atomic E-state index is 13.6. The number of pyridine rings is 1. The lowest BCUT2D eigenvalue weighted by molar-refractivity contribution is 0.557. The Labute approximate surface area is 145 Å². The summed E-state index contributed by atoms with van der Waals surface area (Å²) in [4.78, 5) is 4.21. The smallest absolute Gasteiger partial charge is 0.215 e. The second-order valence-corrected chi connectivity index (χ2v) is 7.23. The fraction of sp³-hybridized carbons (Fsp3) is 0.176. The van der Waals surface area contributed by atoms with Crippen LogP contribution in [0.1, 0.15) is 5.56 Å². The zero-order valence-corrected chi connectivity index (χ0v) is 14.2. The van der Waals surface area contributed by atoms with Gasteiger partial charge in [-0.1, -0.05) is 24.3 Å². The zero-order valence-electron chi connectivity index (χ0n) is 13.3. The van der Waals surface area contributed by atoms with Crippen LogP contribution in [0.5, 0.6) is 0 Å². The van der Waals surface area contributed by atoms with Crippen LogP contribution < -0.4 is 4.72 Å². The predicted octanol–water partition coefficient (Wildman–Crippen LogP) is 2.20. The number of sulfonamides is 1. The first-order valence-corrected chi connectivity index (χ1v) is 9.34. The summed E-state index contributed by atoms with van der Waals surface area (Å²) in [6.45, 7) is 0.531. The Morgan fingerprint density at radius 2 is 1.84 bits per heavy atom. The average molecular weight is 360 g/mol. The van der Waals surface area contributed by atoms with Crippen molar-refractivity contribution in [2.45, 2.75) is 12.3 Å². The first kappa shape index (κ1) is 17.2. The molecular weight excluding hydrogens is 343 g/mol. The van der Waals surface area contributed by atoms with Crippen molar-refractivity contribution in [1.82, 2.24) is 19.5 Å². The number of halogens is 1. The number of hydrogen-bond acceptors (Lipinski definition) is 4. The van der Waals surface area contributed by atoms with Crippen molar-refractivity contribution >= 4 is 10.0 Å². The van der Waals surface area contributed by atoms with Gasteiger partial charge in [0.25, 0.3) is 0 Å². The Morgan fingerprint density at radius 3 is 2.60 bits per heavy atom. The molecule has 0 unspecified atom stereocenters. The number of nitrogens with one attached hydrogen (secondary N) is 1. The molecular formula is C17H17FN4O2S. The summed E-state index contributed by atoms with van der Waals surface area (Å²) >= 11 is 0. The van der Waals surface area contributed by atoms with Crippen LogP contribution in [0, 0.1) is 5.82 Å². The van der Waals surface area contributed by atoms with Gasteiger partial charge in [-0.05, 0) is 24.3 Å². The maximum Gasteiger partial charge on any atom is 0.215 e. The molecule has 0 aliphatic carbocycles. The van der Waals surface area contributed by atoms with Gasteiger partial charge in [-0.25, -0.2) is 17.5 Å². The van der Waals surface area contributed by atoms with Crippen LogP contribution in [-0.4, -0.2) is 29.7 Å². The molecule has 0 radical (unpaired) electrons. The van der Waals surface area contributed by atoms with E-state index in [0.717, 1.165) is 11.4 Å².